The van der Waals surface area contributed by atoms with E-state index in [1.165, 1.54) is 0 Å². The van der Waals surface area contributed by atoms with Crippen molar-refractivity contribution >= 4 is 0 Å². The van der Waals surface area contributed by atoms with Gasteiger partial charge in [-0.25, -0.2) is 0 Å². The molecule has 2 heteroatoms. The first-order valence-electron chi connectivity index (χ1n) is 2.82. The second kappa shape index (κ2) is 6.08. The lowest BCUT2D eigenvalue weighted by Gasteiger charge is -1.95. The minimum absolute atomic E-state index is 0. The van der Waals surface area contributed by atoms with Crippen LogP contribution >= 0.6 is 0 Å². The molecule has 2 N–H and O–H groups in total. The van der Waals surface area contributed by atoms with Crippen molar-refractivity contribution in [2.75, 3.05) is 0 Å². The van der Waals surface area contributed by atoms with Crippen LogP contribution in [-0.4, -0.2) is 0 Å². The van der Waals surface area contributed by atoms with Crippen LogP contribution < -0.4 is 10.6 Å². The first-order valence-corrected chi connectivity index (χ1v) is 2.82. The van der Waals surface area contributed by atoms with Crippen molar-refractivity contribution in [1.82, 2.24) is 10.6 Å². The van der Waals surface area contributed by atoms with Crippen LogP contribution in [0.2, 0.25) is 0 Å². The molecule has 0 bridgehead atoms. The van der Waals surface area contributed by atoms with E-state index >= 15 is 0 Å². The summed E-state index contributed by atoms with van der Waals surface area (Å²) in [4.78, 5) is 0. The summed E-state index contributed by atoms with van der Waals surface area (Å²) in [5.41, 5.74) is 0. The average molecular weight is 116 g/mol. The van der Waals surface area contributed by atoms with Gasteiger partial charge in [0.25, 0.3) is 0 Å². The molecule has 0 radical (unpaired) electrons. The van der Waals surface area contributed by atoms with E-state index in [0.717, 1.165) is 0 Å². The molecule has 0 aromatic rings. The van der Waals surface area contributed by atoms with Gasteiger partial charge in [-0.2, -0.15) is 0 Å². The summed E-state index contributed by atoms with van der Waals surface area (Å²) >= 11 is 0. The molecular weight excluding hydrogens is 100 g/mol. The van der Waals surface area contributed by atoms with E-state index < -0.39 is 0 Å². The summed E-state index contributed by atoms with van der Waals surface area (Å²) in [5.74, 6) is 0. The number of hydrogen-bond acceptors (Lipinski definition) is 2. The molecule has 0 aliphatic carbocycles. The highest BCUT2D eigenvalue weighted by atomic mass is 14.9. The summed E-state index contributed by atoms with van der Waals surface area (Å²) in [6.07, 6.45) is 7.28. The second-order valence-electron chi connectivity index (χ2n) is 1.00. The molecule has 1 rings (SSSR count). The van der Waals surface area contributed by atoms with Gasteiger partial charge in [0.05, 0.1) is 0 Å². The molecule has 50 valence electrons. The minimum atomic E-state index is 0. The molecule has 0 atom stereocenters. The maximum absolute atomic E-state index is 2.86. The smallest absolute Gasteiger partial charge is 0.0167 e. The Bertz CT molecular complexity index is 71.7. The van der Waals surface area contributed by atoms with Gasteiger partial charge in [-0.3, -0.25) is 0 Å². The molecule has 1 aliphatic rings. The van der Waals surface area contributed by atoms with Crippen molar-refractivity contribution < 1.29 is 2.85 Å². The van der Waals surface area contributed by atoms with Gasteiger partial charge in [0, 0.05) is 27.7 Å². The number of rotatable bonds is 0. The summed E-state index contributed by atoms with van der Waals surface area (Å²) < 4.78 is 0. The van der Waals surface area contributed by atoms with Crippen molar-refractivity contribution in [2.24, 2.45) is 0 Å². The summed E-state index contributed by atoms with van der Waals surface area (Å²) in [6.45, 7) is 4.00. The van der Waals surface area contributed by atoms with Gasteiger partial charge < -0.3 is 10.6 Å². The fourth-order valence-electron chi connectivity index (χ4n) is 0.304. The van der Waals surface area contributed by atoms with E-state index in [-0.39, 0.29) is 2.85 Å². The zero-order valence-electron chi connectivity index (χ0n) is 5.31. The lowest BCUT2D eigenvalue weighted by Crippen LogP contribution is -2.05. The van der Waals surface area contributed by atoms with Crippen molar-refractivity contribution in [3.05, 3.63) is 24.8 Å². The maximum atomic E-state index is 2.86. The van der Waals surface area contributed by atoms with Crippen molar-refractivity contribution in [1.29, 1.82) is 0 Å². The van der Waals surface area contributed by atoms with E-state index in [1.54, 1.807) is 0 Å². The molecule has 1 aliphatic heterocycles. The average Bonchev–Trinajstić information content (AvgIpc) is 1.96. The first-order chi connectivity index (χ1) is 4.00. The highest BCUT2D eigenvalue weighted by molar-refractivity contribution is 4.95. The fourth-order valence-corrected chi connectivity index (χ4v) is 0.304. The van der Waals surface area contributed by atoms with E-state index in [9.17, 15) is 0 Å². The van der Waals surface area contributed by atoms with Crippen LogP contribution in [0.25, 0.3) is 0 Å². The zero-order valence-corrected chi connectivity index (χ0v) is 5.31. The van der Waals surface area contributed by atoms with Gasteiger partial charge in [-0.05, 0) is 0 Å². The summed E-state index contributed by atoms with van der Waals surface area (Å²) in [5, 5.41) is 5.72. The quantitative estimate of drug-likeness (QED) is 0.502. The van der Waals surface area contributed by atoms with Gasteiger partial charge >= 0.3 is 0 Å². The highest BCUT2D eigenvalue weighted by Crippen LogP contribution is 1.70. The zero-order chi connectivity index (χ0) is 6.24. The third-order valence-electron chi connectivity index (χ3n) is 0.552. The van der Waals surface area contributed by atoms with E-state index in [4.69, 9.17) is 0 Å². The molecule has 0 saturated heterocycles. The normalized spacial score (nSPS) is 12.8. The Morgan fingerprint density at radius 3 is 1.25 bits per heavy atom. The predicted molar refractivity (Wildman–Crippen MR) is 40.1 cm³/mol. The third-order valence-corrected chi connectivity index (χ3v) is 0.552. The topological polar surface area (TPSA) is 24.1 Å². The molecule has 2 nitrogen and oxygen atoms in total. The molecule has 8 heavy (non-hydrogen) atoms. The molecule has 0 saturated carbocycles. The highest BCUT2D eigenvalue weighted by Gasteiger charge is 1.70. The summed E-state index contributed by atoms with van der Waals surface area (Å²) in [7, 11) is 0. The number of hydrogen-bond donors (Lipinski definition) is 2. The molecular formula is C6H16N2. The van der Waals surface area contributed by atoms with Crippen LogP contribution in [0.1, 0.15) is 16.7 Å². The van der Waals surface area contributed by atoms with Crippen LogP contribution in [0, 0.1) is 0 Å². The summed E-state index contributed by atoms with van der Waals surface area (Å²) in [6, 6.07) is 0. The van der Waals surface area contributed by atoms with Gasteiger partial charge in [0.1, 0.15) is 0 Å². The van der Waals surface area contributed by atoms with Crippen LogP contribution in [-0.2, 0) is 0 Å². The van der Waals surface area contributed by atoms with Crippen LogP contribution in [0.15, 0.2) is 24.8 Å². The molecule has 0 aromatic heterocycles. The van der Waals surface area contributed by atoms with E-state index in [0.29, 0.717) is 0 Å². The molecule has 0 unspecified atom stereocenters. The Morgan fingerprint density at radius 2 is 1.12 bits per heavy atom. The van der Waals surface area contributed by atoms with Gasteiger partial charge in [-0.15, -0.1) is 0 Å². The van der Waals surface area contributed by atoms with Crippen molar-refractivity contribution in [3.63, 3.8) is 0 Å². The molecule has 1 heterocycles. The van der Waals surface area contributed by atoms with E-state index in [1.807, 2.05) is 38.6 Å². The van der Waals surface area contributed by atoms with E-state index in [2.05, 4.69) is 10.6 Å². The van der Waals surface area contributed by atoms with Crippen LogP contribution in [0.3, 0.4) is 0 Å². The van der Waals surface area contributed by atoms with Crippen LogP contribution in [0.4, 0.5) is 0 Å². The lowest BCUT2D eigenvalue weighted by atomic mass is 10.7. The minimum Gasteiger partial charge on any atom is -0.365 e. The van der Waals surface area contributed by atoms with Crippen LogP contribution in [0.5, 0.6) is 0 Å². The largest absolute Gasteiger partial charge is 0.365 e. The first kappa shape index (κ1) is 7.08. The standard InChI is InChI=1S/C4H6N2.C2H6.2H2/c1-2-6-4-3-5-1;1-2;;/h1-6H;1-2H3;2*1H. The Labute approximate surface area is 53.3 Å². The Hall–Kier alpha value is -0.920. The van der Waals surface area contributed by atoms with Gasteiger partial charge in [0.2, 0.25) is 0 Å². The third kappa shape index (κ3) is 3.28. The second-order valence-corrected chi connectivity index (χ2v) is 1.00. The Morgan fingerprint density at radius 1 is 0.875 bits per heavy atom. The predicted octanol–water partition coefficient (Wildman–Crippen LogP) is 1.64. The molecule has 0 aromatic carbocycles. The lowest BCUT2D eigenvalue weighted by molar-refractivity contribution is 1.04. The molecule has 0 amide bonds. The SMILES string of the molecule is C1=CNC=CN1.CC.[HH].[HH]. The van der Waals surface area contributed by atoms with Crippen molar-refractivity contribution in [2.45, 2.75) is 13.8 Å². The number of nitrogens with one attached hydrogen (secondary N) is 2. The van der Waals surface area contributed by atoms with Gasteiger partial charge in [0.15, 0.2) is 0 Å². The fraction of sp³-hybridized carbons (Fsp3) is 0.333. The van der Waals surface area contributed by atoms with Crippen molar-refractivity contribution in [3.8, 4) is 0 Å². The monoisotopic (exact) mass is 116 g/mol. The molecule has 0 fully saturated rings. The molecule has 0 spiro atoms. The Kier molecular flexibility index (Phi) is 5.38. The Balaban J connectivity index is -0.000000114. The van der Waals surface area contributed by atoms with Gasteiger partial charge in [-0.1, -0.05) is 13.8 Å². The maximum Gasteiger partial charge on any atom is 0.0167 e.